The van der Waals surface area contributed by atoms with Crippen LogP contribution in [0, 0.1) is 0 Å². The number of aromatic nitrogens is 1. The number of aliphatic carboxylic acids is 1. The zero-order valence-electron chi connectivity index (χ0n) is 9.72. The van der Waals surface area contributed by atoms with Crippen LogP contribution in [0.3, 0.4) is 0 Å². The Morgan fingerprint density at radius 3 is 2.82 bits per heavy atom. The van der Waals surface area contributed by atoms with Gasteiger partial charge in [-0.2, -0.15) is 0 Å². The lowest BCUT2D eigenvalue weighted by Gasteiger charge is -2.13. The van der Waals surface area contributed by atoms with Crippen molar-refractivity contribution < 1.29 is 14.7 Å². The number of carbonyl (C=O) groups is 2. The number of carboxylic acids is 1. The Balaban J connectivity index is 2.34. The summed E-state index contributed by atoms with van der Waals surface area (Å²) in [6, 6.07) is 3.58. The van der Waals surface area contributed by atoms with E-state index < -0.39 is 5.97 Å². The van der Waals surface area contributed by atoms with Crippen molar-refractivity contribution in [3.63, 3.8) is 0 Å². The van der Waals surface area contributed by atoms with Gasteiger partial charge in [-0.1, -0.05) is 6.07 Å². The molecule has 1 aromatic heterocycles. The van der Waals surface area contributed by atoms with Crippen molar-refractivity contribution in [1.82, 2.24) is 10.3 Å². The largest absolute Gasteiger partial charge is 0.481 e. The van der Waals surface area contributed by atoms with Gasteiger partial charge in [0, 0.05) is 25.2 Å². The van der Waals surface area contributed by atoms with E-state index in [2.05, 4.69) is 10.3 Å². The maximum Gasteiger partial charge on any atom is 0.303 e. The van der Waals surface area contributed by atoms with E-state index in [1.807, 2.05) is 19.1 Å². The molecule has 1 heterocycles. The fraction of sp³-hybridized carbons (Fsp3) is 0.417. The third-order valence-corrected chi connectivity index (χ3v) is 2.36. The zero-order chi connectivity index (χ0) is 12.7. The normalized spacial score (nSPS) is 11.8. The number of nitrogens with one attached hydrogen (secondary N) is 1. The second kappa shape index (κ2) is 6.62. The van der Waals surface area contributed by atoms with Crippen LogP contribution in [0.25, 0.3) is 0 Å². The van der Waals surface area contributed by atoms with Crippen LogP contribution in [0.15, 0.2) is 24.5 Å². The van der Waals surface area contributed by atoms with Crippen molar-refractivity contribution in [2.45, 2.75) is 32.2 Å². The Morgan fingerprint density at radius 1 is 1.47 bits per heavy atom. The molecule has 1 aromatic rings. The Morgan fingerprint density at radius 2 is 2.24 bits per heavy atom. The molecule has 1 rings (SSSR count). The number of hydrogen-bond acceptors (Lipinski definition) is 3. The summed E-state index contributed by atoms with van der Waals surface area (Å²) in [5, 5.41) is 11.2. The SMILES string of the molecule is C[C@@H](NC(=O)CCCC(=O)O)c1cccnc1. The number of carbonyl (C=O) groups excluding carboxylic acids is 1. The molecule has 0 fully saturated rings. The van der Waals surface area contributed by atoms with Crippen LogP contribution < -0.4 is 5.32 Å². The van der Waals surface area contributed by atoms with Crippen molar-refractivity contribution in [2.24, 2.45) is 0 Å². The standard InChI is InChI=1S/C12H16N2O3/c1-9(10-4-3-7-13-8-10)14-11(15)5-2-6-12(16)17/h3-4,7-9H,2,5-6H2,1H3,(H,14,15)(H,16,17)/t9-/m1/s1. The Kier molecular flexibility index (Phi) is 5.13. The molecule has 0 aliphatic heterocycles. The van der Waals surface area contributed by atoms with Crippen LogP contribution in [0.1, 0.15) is 37.8 Å². The van der Waals surface area contributed by atoms with Gasteiger partial charge in [0.15, 0.2) is 0 Å². The van der Waals surface area contributed by atoms with Crippen molar-refractivity contribution in [3.8, 4) is 0 Å². The molecular weight excluding hydrogens is 220 g/mol. The third-order valence-electron chi connectivity index (χ3n) is 2.36. The van der Waals surface area contributed by atoms with Crippen LogP contribution in [-0.2, 0) is 9.59 Å². The predicted octanol–water partition coefficient (Wildman–Crippen LogP) is 1.51. The summed E-state index contributed by atoms with van der Waals surface area (Å²) in [6.45, 7) is 1.87. The lowest BCUT2D eigenvalue weighted by molar-refractivity contribution is -0.137. The van der Waals surface area contributed by atoms with E-state index in [0.29, 0.717) is 6.42 Å². The van der Waals surface area contributed by atoms with Gasteiger partial charge in [0.2, 0.25) is 5.91 Å². The van der Waals surface area contributed by atoms with Gasteiger partial charge in [-0.15, -0.1) is 0 Å². The quantitative estimate of drug-likeness (QED) is 0.784. The van der Waals surface area contributed by atoms with Gasteiger partial charge in [0.1, 0.15) is 0 Å². The van der Waals surface area contributed by atoms with Gasteiger partial charge in [-0.25, -0.2) is 0 Å². The average Bonchev–Trinajstić information content (AvgIpc) is 2.29. The molecule has 0 bridgehead atoms. The van der Waals surface area contributed by atoms with E-state index in [1.54, 1.807) is 12.4 Å². The van der Waals surface area contributed by atoms with Crippen molar-refractivity contribution in [3.05, 3.63) is 30.1 Å². The van der Waals surface area contributed by atoms with E-state index in [-0.39, 0.29) is 24.8 Å². The number of carboxylic acid groups (broad SMARTS) is 1. The molecule has 0 aliphatic rings. The highest BCUT2D eigenvalue weighted by Crippen LogP contribution is 2.10. The number of rotatable bonds is 6. The molecule has 0 saturated heterocycles. The molecule has 0 unspecified atom stereocenters. The van der Waals surface area contributed by atoms with Gasteiger partial charge in [-0.3, -0.25) is 14.6 Å². The van der Waals surface area contributed by atoms with Gasteiger partial charge in [0.05, 0.1) is 6.04 Å². The second-order valence-corrected chi connectivity index (χ2v) is 3.82. The molecule has 0 saturated carbocycles. The maximum absolute atomic E-state index is 11.5. The molecule has 17 heavy (non-hydrogen) atoms. The highest BCUT2D eigenvalue weighted by molar-refractivity contribution is 5.77. The molecule has 5 heteroatoms. The van der Waals surface area contributed by atoms with Crippen LogP contribution in [0.4, 0.5) is 0 Å². The minimum atomic E-state index is -0.877. The summed E-state index contributed by atoms with van der Waals surface area (Å²) < 4.78 is 0. The summed E-state index contributed by atoms with van der Waals surface area (Å²) in [6.07, 6.45) is 3.99. The molecule has 1 atom stereocenters. The first-order valence-electron chi connectivity index (χ1n) is 5.50. The number of pyridine rings is 1. The summed E-state index contributed by atoms with van der Waals surface area (Å²) in [7, 11) is 0. The monoisotopic (exact) mass is 236 g/mol. The molecule has 0 radical (unpaired) electrons. The first-order chi connectivity index (χ1) is 8.09. The molecule has 0 aromatic carbocycles. The number of hydrogen-bond donors (Lipinski definition) is 2. The van der Waals surface area contributed by atoms with E-state index in [0.717, 1.165) is 5.56 Å². The Labute approximate surface area is 99.9 Å². The summed E-state index contributed by atoms with van der Waals surface area (Å²) in [4.78, 5) is 25.7. The van der Waals surface area contributed by atoms with Crippen LogP contribution in [0.5, 0.6) is 0 Å². The minimum Gasteiger partial charge on any atom is -0.481 e. The van der Waals surface area contributed by atoms with E-state index >= 15 is 0 Å². The van der Waals surface area contributed by atoms with Crippen LogP contribution >= 0.6 is 0 Å². The molecule has 2 N–H and O–H groups in total. The summed E-state index contributed by atoms with van der Waals surface area (Å²) in [5.41, 5.74) is 0.930. The molecule has 92 valence electrons. The van der Waals surface area contributed by atoms with Gasteiger partial charge in [0.25, 0.3) is 0 Å². The van der Waals surface area contributed by atoms with Crippen molar-refractivity contribution in [2.75, 3.05) is 0 Å². The first-order valence-corrected chi connectivity index (χ1v) is 5.50. The molecule has 0 spiro atoms. The average molecular weight is 236 g/mol. The van der Waals surface area contributed by atoms with E-state index in [1.165, 1.54) is 0 Å². The fourth-order valence-corrected chi connectivity index (χ4v) is 1.43. The van der Waals surface area contributed by atoms with Gasteiger partial charge < -0.3 is 10.4 Å². The lowest BCUT2D eigenvalue weighted by atomic mass is 10.1. The number of nitrogens with zero attached hydrogens (tertiary/aromatic N) is 1. The molecular formula is C12H16N2O3. The lowest BCUT2D eigenvalue weighted by Crippen LogP contribution is -2.26. The number of amides is 1. The summed E-state index contributed by atoms with van der Waals surface area (Å²) >= 11 is 0. The topological polar surface area (TPSA) is 79.3 Å². The highest BCUT2D eigenvalue weighted by Gasteiger charge is 2.09. The van der Waals surface area contributed by atoms with Crippen LogP contribution in [-0.4, -0.2) is 22.0 Å². The fourth-order valence-electron chi connectivity index (χ4n) is 1.43. The summed E-state index contributed by atoms with van der Waals surface area (Å²) in [5.74, 6) is -1.01. The van der Waals surface area contributed by atoms with E-state index in [9.17, 15) is 9.59 Å². The molecule has 5 nitrogen and oxygen atoms in total. The Bertz CT molecular complexity index is 379. The smallest absolute Gasteiger partial charge is 0.303 e. The third kappa shape index (κ3) is 5.10. The van der Waals surface area contributed by atoms with Crippen molar-refractivity contribution in [1.29, 1.82) is 0 Å². The highest BCUT2D eigenvalue weighted by atomic mass is 16.4. The van der Waals surface area contributed by atoms with E-state index in [4.69, 9.17) is 5.11 Å². The van der Waals surface area contributed by atoms with Gasteiger partial charge in [-0.05, 0) is 25.0 Å². The van der Waals surface area contributed by atoms with Crippen LogP contribution in [0.2, 0.25) is 0 Å². The van der Waals surface area contributed by atoms with Crippen molar-refractivity contribution >= 4 is 11.9 Å². The minimum absolute atomic E-state index is 0.0225. The molecule has 0 aliphatic carbocycles. The second-order valence-electron chi connectivity index (χ2n) is 3.82. The predicted molar refractivity (Wildman–Crippen MR) is 62.3 cm³/mol. The Hall–Kier alpha value is -1.91. The first kappa shape index (κ1) is 13.2. The van der Waals surface area contributed by atoms with Gasteiger partial charge >= 0.3 is 5.97 Å². The zero-order valence-corrected chi connectivity index (χ0v) is 9.72. The maximum atomic E-state index is 11.5. The molecule has 1 amide bonds.